The smallest absolute Gasteiger partial charge is 0.410 e. The van der Waals surface area contributed by atoms with Crippen LogP contribution in [0.15, 0.2) is 48.7 Å². The fraction of sp³-hybridized carbons (Fsp3) is 0.368. The number of rotatable bonds is 5. The number of benzene rings is 1. The standard InChI is InChI=1S/C19H23N3O2/c1-2-20-18-11-10-16(13-21-18)17-9-6-12-22(17)19(23)24-14-15-7-4-3-5-8-15/h3-5,7-8,10-11,13,17H,2,6,9,12,14H2,1H3,(H,20,21)/t17-/m0/s1. The second-order valence-corrected chi connectivity index (χ2v) is 5.90. The zero-order valence-corrected chi connectivity index (χ0v) is 13.9. The molecular formula is C19H23N3O2. The molecule has 1 atom stereocenters. The maximum atomic E-state index is 12.4. The van der Waals surface area contributed by atoms with Crippen LogP contribution < -0.4 is 5.32 Å². The lowest BCUT2D eigenvalue weighted by atomic mass is 10.1. The second kappa shape index (κ2) is 7.81. The van der Waals surface area contributed by atoms with Crippen LogP contribution in [0.3, 0.4) is 0 Å². The van der Waals surface area contributed by atoms with E-state index in [1.54, 1.807) is 0 Å². The van der Waals surface area contributed by atoms with Crippen molar-refractivity contribution < 1.29 is 9.53 Å². The number of nitrogens with zero attached hydrogens (tertiary/aromatic N) is 2. The van der Waals surface area contributed by atoms with Gasteiger partial charge in [-0.05, 0) is 37.0 Å². The van der Waals surface area contributed by atoms with E-state index >= 15 is 0 Å². The highest BCUT2D eigenvalue weighted by atomic mass is 16.6. The third-order valence-corrected chi connectivity index (χ3v) is 4.22. The second-order valence-electron chi connectivity index (χ2n) is 5.90. The van der Waals surface area contributed by atoms with Crippen LogP contribution in [0.4, 0.5) is 10.6 Å². The lowest BCUT2D eigenvalue weighted by molar-refractivity contribution is 0.0920. The van der Waals surface area contributed by atoms with Gasteiger partial charge in [-0.1, -0.05) is 36.4 Å². The molecule has 1 N–H and O–H groups in total. The Morgan fingerprint density at radius 1 is 1.29 bits per heavy atom. The number of hydrogen-bond acceptors (Lipinski definition) is 4. The van der Waals surface area contributed by atoms with Crippen LogP contribution in [0.25, 0.3) is 0 Å². The quantitative estimate of drug-likeness (QED) is 0.903. The van der Waals surface area contributed by atoms with Crippen molar-refractivity contribution in [3.05, 3.63) is 59.8 Å². The van der Waals surface area contributed by atoms with Gasteiger partial charge in [0, 0.05) is 19.3 Å². The van der Waals surface area contributed by atoms with Gasteiger partial charge in [0.05, 0.1) is 6.04 Å². The third-order valence-electron chi connectivity index (χ3n) is 4.22. The number of ether oxygens (including phenoxy) is 1. The molecule has 1 aliphatic heterocycles. The van der Waals surface area contributed by atoms with Crippen LogP contribution in [-0.4, -0.2) is 29.1 Å². The monoisotopic (exact) mass is 325 g/mol. The zero-order valence-electron chi connectivity index (χ0n) is 13.9. The molecule has 0 bridgehead atoms. The topological polar surface area (TPSA) is 54.5 Å². The van der Waals surface area contributed by atoms with Crippen LogP contribution in [0.1, 0.15) is 36.9 Å². The van der Waals surface area contributed by atoms with Gasteiger partial charge in [-0.25, -0.2) is 9.78 Å². The highest BCUT2D eigenvalue weighted by Gasteiger charge is 2.31. The van der Waals surface area contributed by atoms with Gasteiger partial charge < -0.3 is 15.0 Å². The summed E-state index contributed by atoms with van der Waals surface area (Å²) in [7, 11) is 0. The normalized spacial score (nSPS) is 16.9. The molecule has 0 spiro atoms. The van der Waals surface area contributed by atoms with Gasteiger partial charge in [0.1, 0.15) is 12.4 Å². The Morgan fingerprint density at radius 2 is 2.12 bits per heavy atom. The molecule has 0 unspecified atom stereocenters. The van der Waals surface area contributed by atoms with E-state index in [9.17, 15) is 4.79 Å². The average molecular weight is 325 g/mol. The first-order valence-corrected chi connectivity index (χ1v) is 8.45. The van der Waals surface area contributed by atoms with Gasteiger partial charge in [0.2, 0.25) is 0 Å². The Balaban J connectivity index is 1.63. The van der Waals surface area contributed by atoms with E-state index < -0.39 is 0 Å². The van der Waals surface area contributed by atoms with Crippen LogP contribution >= 0.6 is 0 Å². The van der Waals surface area contributed by atoms with E-state index in [2.05, 4.69) is 10.3 Å². The first-order chi connectivity index (χ1) is 11.8. The van der Waals surface area contributed by atoms with E-state index in [1.807, 2.05) is 60.5 Å². The van der Waals surface area contributed by atoms with Crippen molar-refractivity contribution in [2.45, 2.75) is 32.4 Å². The van der Waals surface area contributed by atoms with Gasteiger partial charge in [-0.2, -0.15) is 0 Å². The zero-order chi connectivity index (χ0) is 16.8. The number of aromatic nitrogens is 1. The van der Waals surface area contributed by atoms with Gasteiger partial charge in [-0.3, -0.25) is 0 Å². The lowest BCUT2D eigenvalue weighted by Gasteiger charge is -2.24. The summed E-state index contributed by atoms with van der Waals surface area (Å²) in [6, 6.07) is 13.8. The van der Waals surface area contributed by atoms with Crippen molar-refractivity contribution >= 4 is 11.9 Å². The molecule has 3 rings (SSSR count). The van der Waals surface area contributed by atoms with Gasteiger partial charge >= 0.3 is 6.09 Å². The van der Waals surface area contributed by atoms with Crippen molar-refractivity contribution in [2.24, 2.45) is 0 Å². The summed E-state index contributed by atoms with van der Waals surface area (Å²) in [4.78, 5) is 18.7. The summed E-state index contributed by atoms with van der Waals surface area (Å²) < 4.78 is 5.48. The van der Waals surface area contributed by atoms with Crippen LogP contribution in [0.2, 0.25) is 0 Å². The Bertz CT molecular complexity index is 658. The number of likely N-dealkylation sites (tertiary alicyclic amines) is 1. The largest absolute Gasteiger partial charge is 0.445 e. The number of anilines is 1. The Kier molecular flexibility index (Phi) is 5.31. The molecule has 5 heteroatoms. The fourth-order valence-electron chi connectivity index (χ4n) is 3.02. The molecule has 0 aliphatic carbocycles. The fourth-order valence-corrected chi connectivity index (χ4v) is 3.02. The molecule has 2 heterocycles. The molecule has 0 saturated carbocycles. The third kappa shape index (κ3) is 3.85. The minimum absolute atomic E-state index is 0.0523. The van der Waals surface area contributed by atoms with Crippen LogP contribution in [-0.2, 0) is 11.3 Å². The molecule has 5 nitrogen and oxygen atoms in total. The molecule has 1 aromatic heterocycles. The van der Waals surface area contributed by atoms with E-state index in [4.69, 9.17) is 4.74 Å². The minimum Gasteiger partial charge on any atom is -0.445 e. The predicted molar refractivity (Wildman–Crippen MR) is 93.7 cm³/mol. The first kappa shape index (κ1) is 16.3. The maximum absolute atomic E-state index is 12.4. The average Bonchev–Trinajstić information content (AvgIpc) is 3.11. The molecule has 2 aromatic rings. The van der Waals surface area contributed by atoms with Gasteiger partial charge in [0.15, 0.2) is 0 Å². The number of hydrogen-bond donors (Lipinski definition) is 1. The lowest BCUT2D eigenvalue weighted by Crippen LogP contribution is -2.31. The Hall–Kier alpha value is -2.56. The van der Waals surface area contributed by atoms with Crippen molar-refractivity contribution in [3.8, 4) is 0 Å². The molecule has 0 radical (unpaired) electrons. The minimum atomic E-state index is -0.253. The summed E-state index contributed by atoms with van der Waals surface area (Å²) in [6.45, 7) is 3.92. The van der Waals surface area contributed by atoms with E-state index in [-0.39, 0.29) is 12.1 Å². The molecule has 1 saturated heterocycles. The number of carbonyl (C=O) groups excluding carboxylic acids is 1. The van der Waals surface area contributed by atoms with Crippen molar-refractivity contribution in [2.75, 3.05) is 18.4 Å². The molecule has 1 aromatic carbocycles. The van der Waals surface area contributed by atoms with Crippen molar-refractivity contribution in [1.82, 2.24) is 9.88 Å². The molecular weight excluding hydrogens is 302 g/mol. The summed E-state index contributed by atoms with van der Waals surface area (Å²) >= 11 is 0. The van der Waals surface area contributed by atoms with Gasteiger partial charge in [-0.15, -0.1) is 0 Å². The number of carbonyl (C=O) groups is 1. The van der Waals surface area contributed by atoms with Crippen LogP contribution in [0, 0.1) is 0 Å². The van der Waals surface area contributed by atoms with E-state index in [0.29, 0.717) is 6.61 Å². The number of pyridine rings is 1. The van der Waals surface area contributed by atoms with E-state index in [0.717, 1.165) is 42.9 Å². The van der Waals surface area contributed by atoms with Crippen molar-refractivity contribution in [1.29, 1.82) is 0 Å². The van der Waals surface area contributed by atoms with Crippen molar-refractivity contribution in [3.63, 3.8) is 0 Å². The Morgan fingerprint density at radius 3 is 2.83 bits per heavy atom. The molecule has 24 heavy (non-hydrogen) atoms. The first-order valence-electron chi connectivity index (χ1n) is 8.45. The summed E-state index contributed by atoms with van der Waals surface area (Å²) in [5, 5.41) is 3.18. The maximum Gasteiger partial charge on any atom is 0.410 e. The predicted octanol–water partition coefficient (Wildman–Crippen LogP) is 3.99. The summed E-state index contributed by atoms with van der Waals surface area (Å²) in [5.41, 5.74) is 2.06. The number of amides is 1. The molecule has 1 amide bonds. The Labute approximate surface area is 142 Å². The molecule has 126 valence electrons. The van der Waals surface area contributed by atoms with Crippen LogP contribution in [0.5, 0.6) is 0 Å². The molecule has 1 aliphatic rings. The highest BCUT2D eigenvalue weighted by Crippen LogP contribution is 2.32. The van der Waals surface area contributed by atoms with Gasteiger partial charge in [0.25, 0.3) is 0 Å². The summed E-state index contributed by atoms with van der Waals surface area (Å²) in [6.07, 6.45) is 3.53. The molecule has 1 fully saturated rings. The summed E-state index contributed by atoms with van der Waals surface area (Å²) in [5.74, 6) is 0.859. The van der Waals surface area contributed by atoms with E-state index in [1.165, 1.54) is 0 Å². The number of nitrogens with one attached hydrogen (secondary N) is 1. The SMILES string of the molecule is CCNc1ccc([C@@H]2CCCN2C(=O)OCc2ccccc2)cn1. The highest BCUT2D eigenvalue weighted by molar-refractivity contribution is 5.68.